The summed E-state index contributed by atoms with van der Waals surface area (Å²) >= 11 is 3.32. The van der Waals surface area contributed by atoms with Crippen molar-refractivity contribution in [3.63, 3.8) is 0 Å². The van der Waals surface area contributed by atoms with E-state index in [-0.39, 0.29) is 5.69 Å². The number of rotatable bonds is 1. The van der Waals surface area contributed by atoms with E-state index in [4.69, 9.17) is 5.73 Å². The Kier molecular flexibility index (Phi) is 2.40. The average Bonchev–Trinajstić information content (AvgIpc) is 2.25. The van der Waals surface area contributed by atoms with Crippen molar-refractivity contribution in [1.29, 1.82) is 0 Å². The third kappa shape index (κ3) is 1.59. The van der Waals surface area contributed by atoms with Gasteiger partial charge in [0.1, 0.15) is 0 Å². The Morgan fingerprint density at radius 3 is 2.87 bits per heavy atom. The van der Waals surface area contributed by atoms with Crippen LogP contribution in [0.5, 0.6) is 5.75 Å². The Bertz CT molecular complexity index is 577. The summed E-state index contributed by atoms with van der Waals surface area (Å²) in [7, 11) is 0. The molecule has 1 heterocycles. The summed E-state index contributed by atoms with van der Waals surface area (Å²) in [6.45, 7) is 0. The Hall–Kier alpha value is -1.49. The molecule has 5 heteroatoms. The van der Waals surface area contributed by atoms with Gasteiger partial charge in [0.15, 0.2) is 0 Å². The van der Waals surface area contributed by atoms with E-state index in [9.17, 15) is 9.90 Å². The molecule has 2 rings (SSSR count). The van der Waals surface area contributed by atoms with Gasteiger partial charge >= 0.3 is 0 Å². The number of benzene rings is 1. The van der Waals surface area contributed by atoms with E-state index in [1.54, 1.807) is 6.07 Å². The third-order valence-corrected chi connectivity index (χ3v) is 2.89. The molecule has 15 heavy (non-hydrogen) atoms. The lowest BCUT2D eigenvalue weighted by atomic mass is 10.1. The molecule has 0 spiro atoms. The van der Waals surface area contributed by atoms with Gasteiger partial charge in [0, 0.05) is 10.7 Å². The molecule has 4 nitrogen and oxygen atoms in total. The number of aromatic amines is 1. The number of nitrogens with two attached hydrogens (primary N) is 1. The number of H-pyrrole nitrogens is 1. The number of nitrogen functional groups attached to an aromatic ring is 1. The molecule has 4 N–H and O–H groups in total. The van der Waals surface area contributed by atoms with E-state index in [2.05, 4.69) is 20.9 Å². The molecule has 1 aromatic heterocycles. The number of aromatic nitrogens is 1. The lowest BCUT2D eigenvalue weighted by molar-refractivity contribution is 0.470. The van der Waals surface area contributed by atoms with Gasteiger partial charge in [-0.05, 0) is 11.6 Å². The molecule has 0 aliphatic carbocycles. The quantitative estimate of drug-likeness (QED) is 0.689. The van der Waals surface area contributed by atoms with Crippen LogP contribution >= 0.6 is 15.9 Å². The third-order valence-electron chi connectivity index (χ3n) is 2.25. The predicted octanol–water partition coefficient (Wildman–Crippen LogP) is 1.71. The van der Waals surface area contributed by atoms with Crippen LogP contribution in [0.2, 0.25) is 0 Å². The second-order valence-electron chi connectivity index (χ2n) is 3.23. The molecular formula is C10H9BrN2O2. The number of alkyl halides is 1. The van der Waals surface area contributed by atoms with Gasteiger partial charge in [-0.2, -0.15) is 0 Å². The van der Waals surface area contributed by atoms with Crippen molar-refractivity contribution in [1.82, 2.24) is 4.98 Å². The SMILES string of the molecule is Nc1c(O)c(=O)[nH]c2cc(CBr)ccc12. The van der Waals surface area contributed by atoms with Crippen molar-refractivity contribution in [2.75, 3.05) is 5.73 Å². The van der Waals surface area contributed by atoms with Crippen LogP contribution in [0.1, 0.15) is 5.56 Å². The Morgan fingerprint density at radius 2 is 2.20 bits per heavy atom. The van der Waals surface area contributed by atoms with Crippen LogP contribution < -0.4 is 11.3 Å². The molecule has 0 radical (unpaired) electrons. The fourth-order valence-electron chi connectivity index (χ4n) is 1.44. The van der Waals surface area contributed by atoms with Gasteiger partial charge in [-0.15, -0.1) is 0 Å². The summed E-state index contributed by atoms with van der Waals surface area (Å²) in [6, 6.07) is 5.48. The Labute approximate surface area is 93.9 Å². The molecule has 0 aliphatic heterocycles. The normalized spacial score (nSPS) is 10.7. The highest BCUT2D eigenvalue weighted by molar-refractivity contribution is 9.08. The van der Waals surface area contributed by atoms with Gasteiger partial charge in [0.25, 0.3) is 5.56 Å². The number of nitrogens with one attached hydrogen (secondary N) is 1. The lowest BCUT2D eigenvalue weighted by Gasteiger charge is -2.05. The Balaban J connectivity index is 2.86. The van der Waals surface area contributed by atoms with E-state index in [0.717, 1.165) is 5.56 Å². The summed E-state index contributed by atoms with van der Waals surface area (Å²) in [4.78, 5) is 13.8. The largest absolute Gasteiger partial charge is 0.502 e. The summed E-state index contributed by atoms with van der Waals surface area (Å²) in [5, 5.41) is 10.7. The molecule has 78 valence electrons. The van der Waals surface area contributed by atoms with Crippen molar-refractivity contribution >= 4 is 32.5 Å². The second kappa shape index (κ2) is 3.58. The second-order valence-corrected chi connectivity index (χ2v) is 3.79. The molecule has 0 bridgehead atoms. The van der Waals surface area contributed by atoms with Crippen LogP contribution in [-0.4, -0.2) is 10.1 Å². The molecule has 0 saturated heterocycles. The number of hydrogen-bond donors (Lipinski definition) is 3. The van der Waals surface area contributed by atoms with E-state index in [0.29, 0.717) is 16.2 Å². The topological polar surface area (TPSA) is 79.1 Å². The highest BCUT2D eigenvalue weighted by Gasteiger charge is 2.08. The smallest absolute Gasteiger partial charge is 0.292 e. The number of pyridine rings is 1. The first-order valence-corrected chi connectivity index (χ1v) is 5.45. The maximum absolute atomic E-state index is 11.3. The lowest BCUT2D eigenvalue weighted by Crippen LogP contribution is -2.08. The highest BCUT2D eigenvalue weighted by atomic mass is 79.9. The first-order valence-electron chi connectivity index (χ1n) is 4.33. The molecule has 0 saturated carbocycles. The summed E-state index contributed by atoms with van der Waals surface area (Å²) in [5.41, 5.74) is 6.85. The molecule has 0 amide bonds. The van der Waals surface area contributed by atoms with E-state index in [1.165, 1.54) is 0 Å². The van der Waals surface area contributed by atoms with Crippen LogP contribution in [0, 0.1) is 0 Å². The molecular weight excluding hydrogens is 260 g/mol. The minimum absolute atomic E-state index is 0.120. The number of halogens is 1. The fraction of sp³-hybridized carbons (Fsp3) is 0.100. The van der Waals surface area contributed by atoms with Crippen LogP contribution in [-0.2, 0) is 5.33 Å². The molecule has 2 aromatic rings. The van der Waals surface area contributed by atoms with Crippen molar-refractivity contribution in [2.24, 2.45) is 0 Å². The molecule has 0 atom stereocenters. The average molecular weight is 269 g/mol. The number of anilines is 1. The number of fused-ring (bicyclic) bond motifs is 1. The van der Waals surface area contributed by atoms with Crippen molar-refractivity contribution in [3.05, 3.63) is 34.1 Å². The van der Waals surface area contributed by atoms with Gasteiger partial charge in [0.2, 0.25) is 5.75 Å². The molecule has 0 unspecified atom stereocenters. The maximum atomic E-state index is 11.3. The van der Waals surface area contributed by atoms with Gasteiger partial charge in [-0.1, -0.05) is 28.1 Å². The minimum Gasteiger partial charge on any atom is -0.502 e. The monoisotopic (exact) mass is 268 g/mol. The van der Waals surface area contributed by atoms with Crippen molar-refractivity contribution in [3.8, 4) is 5.75 Å². The summed E-state index contributed by atoms with van der Waals surface area (Å²) in [6.07, 6.45) is 0. The zero-order valence-electron chi connectivity index (χ0n) is 7.75. The first kappa shape index (κ1) is 10.0. The maximum Gasteiger partial charge on any atom is 0.292 e. The minimum atomic E-state index is -0.563. The van der Waals surface area contributed by atoms with E-state index >= 15 is 0 Å². The van der Waals surface area contributed by atoms with Gasteiger partial charge in [0.05, 0.1) is 11.2 Å². The zero-order chi connectivity index (χ0) is 11.0. The zero-order valence-corrected chi connectivity index (χ0v) is 9.34. The highest BCUT2D eigenvalue weighted by Crippen LogP contribution is 2.25. The molecule has 0 aliphatic rings. The van der Waals surface area contributed by atoms with E-state index in [1.807, 2.05) is 12.1 Å². The van der Waals surface area contributed by atoms with Crippen molar-refractivity contribution in [2.45, 2.75) is 5.33 Å². The summed E-state index contributed by atoms with van der Waals surface area (Å²) in [5.74, 6) is -0.422. The van der Waals surface area contributed by atoms with E-state index < -0.39 is 11.3 Å². The molecule has 0 fully saturated rings. The van der Waals surface area contributed by atoms with Gasteiger partial charge in [-0.3, -0.25) is 4.79 Å². The molecule has 1 aromatic carbocycles. The standard InChI is InChI=1S/C10H9BrN2O2/c11-4-5-1-2-6-7(3-5)13-10(15)9(14)8(6)12/h1-3,14H,4H2,(H3,12,13,15). The van der Waals surface area contributed by atoms with Gasteiger partial charge in [-0.25, -0.2) is 0 Å². The van der Waals surface area contributed by atoms with Crippen LogP contribution in [0.15, 0.2) is 23.0 Å². The van der Waals surface area contributed by atoms with Crippen LogP contribution in [0.4, 0.5) is 5.69 Å². The predicted molar refractivity (Wildman–Crippen MR) is 63.3 cm³/mol. The Morgan fingerprint density at radius 1 is 1.47 bits per heavy atom. The first-order chi connectivity index (χ1) is 7.13. The van der Waals surface area contributed by atoms with Crippen LogP contribution in [0.3, 0.4) is 0 Å². The number of hydrogen-bond acceptors (Lipinski definition) is 3. The van der Waals surface area contributed by atoms with Crippen molar-refractivity contribution < 1.29 is 5.11 Å². The number of aromatic hydroxyl groups is 1. The van der Waals surface area contributed by atoms with Gasteiger partial charge < -0.3 is 15.8 Å². The fourth-order valence-corrected chi connectivity index (χ4v) is 1.79. The summed E-state index contributed by atoms with van der Waals surface area (Å²) < 4.78 is 0. The van der Waals surface area contributed by atoms with Crippen LogP contribution in [0.25, 0.3) is 10.9 Å².